The van der Waals surface area contributed by atoms with Gasteiger partial charge < -0.3 is 20.4 Å². The summed E-state index contributed by atoms with van der Waals surface area (Å²) in [4.78, 5) is 68.0. The first-order chi connectivity index (χ1) is 21.6. The van der Waals surface area contributed by atoms with E-state index in [1.807, 2.05) is 9.80 Å². The van der Waals surface area contributed by atoms with E-state index in [-0.39, 0.29) is 24.0 Å². The van der Waals surface area contributed by atoms with Gasteiger partial charge in [-0.2, -0.15) is 18.2 Å². The third-order valence-corrected chi connectivity index (χ3v) is 7.87. The minimum atomic E-state index is -4.37. The van der Waals surface area contributed by atoms with Gasteiger partial charge in [0.25, 0.3) is 11.8 Å². The normalized spacial score (nSPS) is 18.6. The molecule has 2 saturated heterocycles. The number of imide groups is 2. The number of piperidine rings is 1. The minimum Gasteiger partial charge on any atom is -0.383 e. The molecule has 3 aliphatic rings. The van der Waals surface area contributed by atoms with Crippen LogP contribution in [-0.2, 0) is 15.8 Å². The summed E-state index contributed by atoms with van der Waals surface area (Å²) in [5.74, 6) is -1.48. The highest BCUT2D eigenvalue weighted by Crippen LogP contribution is 2.33. The van der Waals surface area contributed by atoms with E-state index in [1.165, 1.54) is 24.5 Å². The summed E-state index contributed by atoms with van der Waals surface area (Å²) in [6.45, 7) is 2.97. The van der Waals surface area contributed by atoms with Crippen molar-refractivity contribution in [3.05, 3.63) is 65.5 Å². The van der Waals surface area contributed by atoms with Crippen molar-refractivity contribution in [3.63, 3.8) is 0 Å². The van der Waals surface area contributed by atoms with Crippen LogP contribution in [0.25, 0.3) is 0 Å². The average molecular weight is 624 g/mol. The number of hydrogen-bond donors (Lipinski definition) is 3. The number of aromatic nitrogens is 3. The van der Waals surface area contributed by atoms with Crippen LogP contribution < -0.4 is 25.8 Å². The maximum Gasteiger partial charge on any atom is 0.416 e. The van der Waals surface area contributed by atoms with Crippen LogP contribution >= 0.6 is 0 Å². The number of anilines is 4. The monoisotopic (exact) mass is 623 g/mol. The van der Waals surface area contributed by atoms with Crippen LogP contribution in [0.3, 0.4) is 0 Å². The van der Waals surface area contributed by atoms with Gasteiger partial charge in [0.1, 0.15) is 12.4 Å². The predicted molar refractivity (Wildman–Crippen MR) is 156 cm³/mol. The molecule has 2 fully saturated rings. The highest BCUT2D eigenvalue weighted by atomic mass is 19.4. The van der Waals surface area contributed by atoms with Crippen molar-refractivity contribution >= 4 is 46.9 Å². The van der Waals surface area contributed by atoms with Gasteiger partial charge >= 0.3 is 6.18 Å². The Labute approximate surface area is 254 Å². The molecule has 13 nitrogen and oxygen atoms in total. The molecule has 1 unspecified atom stereocenters. The second-order valence-electron chi connectivity index (χ2n) is 10.7. The van der Waals surface area contributed by atoms with E-state index in [9.17, 15) is 32.3 Å². The second kappa shape index (κ2) is 12.0. The smallest absolute Gasteiger partial charge is 0.383 e. The molecule has 4 heterocycles. The lowest BCUT2D eigenvalue weighted by Gasteiger charge is -2.36. The Bertz CT molecular complexity index is 1640. The zero-order valence-corrected chi connectivity index (χ0v) is 23.8. The Hall–Kier alpha value is -5.28. The number of rotatable bonds is 8. The van der Waals surface area contributed by atoms with E-state index in [0.29, 0.717) is 62.5 Å². The molecular formula is C29H28F3N9O4. The lowest BCUT2D eigenvalue weighted by molar-refractivity contribution is -0.138. The topological polar surface area (TPSA) is 153 Å². The van der Waals surface area contributed by atoms with E-state index in [4.69, 9.17) is 0 Å². The largest absolute Gasteiger partial charge is 0.416 e. The highest BCUT2D eigenvalue weighted by Gasteiger charge is 2.45. The van der Waals surface area contributed by atoms with Crippen molar-refractivity contribution in [1.29, 1.82) is 0 Å². The SMILES string of the molecule is O=C1CCC(N2C(=O)c3cccc(NCCNc4ncnc(N5CCN(c6ccc(C(F)(F)F)cc6)CC5)n4)c3C2=O)C(=O)N1. The first kappa shape index (κ1) is 29.8. The molecule has 0 spiro atoms. The zero-order valence-electron chi connectivity index (χ0n) is 23.8. The van der Waals surface area contributed by atoms with E-state index >= 15 is 0 Å². The molecular weight excluding hydrogens is 595 g/mol. The van der Waals surface area contributed by atoms with E-state index < -0.39 is 41.4 Å². The number of carbonyl (C=O) groups excluding carboxylic acids is 4. The van der Waals surface area contributed by atoms with Crippen molar-refractivity contribution < 1.29 is 32.3 Å². The van der Waals surface area contributed by atoms with Gasteiger partial charge in [0.15, 0.2) is 0 Å². The molecule has 16 heteroatoms. The zero-order chi connectivity index (χ0) is 31.7. The molecule has 3 N–H and O–H groups in total. The Morgan fingerprint density at radius 3 is 2.29 bits per heavy atom. The standard InChI is InChI=1S/C29H28F3N9O4/c30-29(31,32)17-4-6-18(7-5-17)39-12-14-40(15-13-39)28-36-16-35-27(38-28)34-11-10-33-20-3-1-2-19-23(20)26(45)41(25(19)44)21-8-9-22(42)37-24(21)43/h1-7,16,21,33H,8-15H2,(H,37,42,43)(H,34,35,36,38). The van der Waals surface area contributed by atoms with Crippen LogP contribution in [0.4, 0.5) is 36.4 Å². The molecule has 3 aromatic rings. The third-order valence-electron chi connectivity index (χ3n) is 7.87. The fraction of sp³-hybridized carbons (Fsp3) is 0.345. The van der Waals surface area contributed by atoms with Crippen molar-refractivity contribution in [2.75, 3.05) is 59.7 Å². The van der Waals surface area contributed by atoms with Crippen molar-refractivity contribution in [2.24, 2.45) is 0 Å². The molecule has 4 amide bonds. The molecule has 2 aromatic carbocycles. The molecule has 0 aliphatic carbocycles. The number of alkyl halides is 3. The van der Waals surface area contributed by atoms with Gasteiger partial charge in [-0.15, -0.1) is 0 Å². The number of halogens is 3. The molecule has 234 valence electrons. The summed E-state index contributed by atoms with van der Waals surface area (Å²) in [5, 5.41) is 8.44. The lowest BCUT2D eigenvalue weighted by atomic mass is 10.0. The number of nitrogens with one attached hydrogen (secondary N) is 3. The van der Waals surface area contributed by atoms with Gasteiger partial charge in [0.05, 0.1) is 16.7 Å². The highest BCUT2D eigenvalue weighted by molar-refractivity contribution is 6.25. The van der Waals surface area contributed by atoms with Crippen LogP contribution in [0.5, 0.6) is 0 Å². The number of piperazine rings is 1. The van der Waals surface area contributed by atoms with Gasteiger partial charge in [0, 0.05) is 57.1 Å². The Kier molecular flexibility index (Phi) is 7.95. The number of carbonyl (C=O) groups is 4. The van der Waals surface area contributed by atoms with Crippen LogP contribution in [0.15, 0.2) is 48.8 Å². The van der Waals surface area contributed by atoms with Crippen LogP contribution in [-0.4, -0.2) is 88.8 Å². The van der Waals surface area contributed by atoms with E-state index in [1.54, 1.807) is 12.1 Å². The van der Waals surface area contributed by atoms with Gasteiger partial charge in [-0.25, -0.2) is 9.97 Å². The molecule has 45 heavy (non-hydrogen) atoms. The summed E-state index contributed by atoms with van der Waals surface area (Å²) in [5.41, 5.74) is 0.822. The van der Waals surface area contributed by atoms with E-state index in [2.05, 4.69) is 30.9 Å². The summed E-state index contributed by atoms with van der Waals surface area (Å²) in [7, 11) is 0. The number of nitrogens with zero attached hydrogens (tertiary/aromatic N) is 6. The predicted octanol–water partition coefficient (Wildman–Crippen LogP) is 2.14. The molecule has 6 rings (SSSR count). The summed E-state index contributed by atoms with van der Waals surface area (Å²) >= 11 is 0. The first-order valence-electron chi connectivity index (χ1n) is 14.3. The quantitative estimate of drug-likeness (QED) is 0.250. The number of amides is 4. The van der Waals surface area contributed by atoms with Crippen LogP contribution in [0.1, 0.15) is 39.1 Å². The molecule has 0 saturated carbocycles. The van der Waals surface area contributed by atoms with Crippen molar-refractivity contribution in [3.8, 4) is 0 Å². The van der Waals surface area contributed by atoms with Crippen LogP contribution in [0, 0.1) is 0 Å². The summed E-state index contributed by atoms with van der Waals surface area (Å²) in [6, 6.07) is 8.91. The van der Waals surface area contributed by atoms with E-state index in [0.717, 1.165) is 17.0 Å². The fourth-order valence-electron chi connectivity index (χ4n) is 5.58. The minimum absolute atomic E-state index is 0.0400. The van der Waals surface area contributed by atoms with Crippen molar-refractivity contribution in [2.45, 2.75) is 25.1 Å². The van der Waals surface area contributed by atoms with Gasteiger partial charge in [-0.3, -0.25) is 29.4 Å². The average Bonchev–Trinajstić information content (AvgIpc) is 3.29. The molecule has 0 radical (unpaired) electrons. The first-order valence-corrected chi connectivity index (χ1v) is 14.3. The van der Waals surface area contributed by atoms with Crippen molar-refractivity contribution in [1.82, 2.24) is 25.2 Å². The molecule has 1 atom stereocenters. The summed E-state index contributed by atoms with van der Waals surface area (Å²) in [6.07, 6.45) is -2.87. The van der Waals surface area contributed by atoms with Gasteiger partial charge in [0.2, 0.25) is 23.7 Å². The summed E-state index contributed by atoms with van der Waals surface area (Å²) < 4.78 is 38.7. The van der Waals surface area contributed by atoms with Gasteiger partial charge in [-0.05, 0) is 42.8 Å². The molecule has 1 aromatic heterocycles. The van der Waals surface area contributed by atoms with Gasteiger partial charge in [-0.1, -0.05) is 6.07 Å². The van der Waals surface area contributed by atoms with Crippen LogP contribution in [0.2, 0.25) is 0 Å². The Balaban J connectivity index is 1.02. The fourth-order valence-corrected chi connectivity index (χ4v) is 5.58. The number of benzene rings is 2. The number of hydrogen-bond acceptors (Lipinski definition) is 11. The third kappa shape index (κ3) is 6.07. The Morgan fingerprint density at radius 1 is 0.867 bits per heavy atom. The second-order valence-corrected chi connectivity index (χ2v) is 10.7. The maximum absolute atomic E-state index is 13.3. The Morgan fingerprint density at radius 2 is 1.58 bits per heavy atom. The maximum atomic E-state index is 13.3. The lowest BCUT2D eigenvalue weighted by Crippen LogP contribution is -2.54. The molecule has 0 bridgehead atoms. The molecule has 3 aliphatic heterocycles. The number of fused-ring (bicyclic) bond motifs is 1.